The van der Waals surface area contributed by atoms with Gasteiger partial charge in [0, 0.05) is 11.7 Å². The molecule has 0 amide bonds. The molecule has 1 unspecified atom stereocenters. The molecule has 2 aromatic rings. The lowest BCUT2D eigenvalue weighted by Gasteiger charge is -2.24. The highest BCUT2D eigenvalue weighted by Gasteiger charge is 2.18. The second kappa shape index (κ2) is 4.90. The van der Waals surface area contributed by atoms with E-state index < -0.39 is 0 Å². The number of benzene rings is 1. The highest BCUT2D eigenvalue weighted by Crippen LogP contribution is 2.25. The molecule has 1 aromatic carbocycles. The minimum Gasteiger partial charge on any atom is -0.309 e. The Morgan fingerprint density at radius 1 is 1.33 bits per heavy atom. The molecule has 94 valence electrons. The highest BCUT2D eigenvalue weighted by molar-refractivity contribution is 5.34. The summed E-state index contributed by atoms with van der Waals surface area (Å²) in [6.07, 6.45) is 7.19. The van der Waals surface area contributed by atoms with Gasteiger partial charge in [0.25, 0.3) is 0 Å². The molecule has 3 nitrogen and oxygen atoms in total. The molecule has 18 heavy (non-hydrogen) atoms. The van der Waals surface area contributed by atoms with E-state index in [4.69, 9.17) is 0 Å². The van der Waals surface area contributed by atoms with Crippen LogP contribution in [0.1, 0.15) is 31.0 Å². The Kier molecular flexibility index (Phi) is 3.11. The molecule has 0 saturated carbocycles. The largest absolute Gasteiger partial charge is 0.309 e. The molecule has 1 aliphatic rings. The normalized spacial score (nSPS) is 19.9. The fourth-order valence-corrected chi connectivity index (χ4v) is 2.51. The van der Waals surface area contributed by atoms with Crippen LogP contribution in [-0.4, -0.2) is 16.1 Å². The Morgan fingerprint density at radius 2 is 2.28 bits per heavy atom. The first-order valence-electron chi connectivity index (χ1n) is 6.36. The first-order valence-corrected chi connectivity index (χ1v) is 6.36. The summed E-state index contributed by atoms with van der Waals surface area (Å²) in [6, 6.07) is 6.94. The average molecular weight is 245 g/mol. The Hall–Kier alpha value is -1.68. The van der Waals surface area contributed by atoms with E-state index in [0.717, 1.165) is 24.3 Å². The third-order valence-electron chi connectivity index (χ3n) is 3.42. The van der Waals surface area contributed by atoms with Crippen molar-refractivity contribution in [3.05, 3.63) is 48.3 Å². The van der Waals surface area contributed by atoms with Crippen molar-refractivity contribution >= 4 is 0 Å². The van der Waals surface area contributed by atoms with Crippen molar-refractivity contribution in [2.24, 2.45) is 0 Å². The van der Waals surface area contributed by atoms with E-state index in [-0.39, 0.29) is 5.82 Å². The van der Waals surface area contributed by atoms with Gasteiger partial charge >= 0.3 is 0 Å². The van der Waals surface area contributed by atoms with Crippen LogP contribution in [0.25, 0.3) is 5.69 Å². The molecule has 1 N–H and O–H groups in total. The molecule has 1 aliphatic heterocycles. The monoisotopic (exact) mass is 245 g/mol. The average Bonchev–Trinajstić information content (AvgIpc) is 2.89. The molecule has 4 heteroatoms. The number of hydrogen-bond donors (Lipinski definition) is 1. The number of imidazole rings is 1. The van der Waals surface area contributed by atoms with E-state index in [9.17, 15) is 4.39 Å². The molecule has 0 spiro atoms. The van der Waals surface area contributed by atoms with E-state index in [1.165, 1.54) is 25.0 Å². The van der Waals surface area contributed by atoms with Gasteiger partial charge in [-0.3, -0.25) is 0 Å². The quantitative estimate of drug-likeness (QED) is 0.881. The van der Waals surface area contributed by atoms with Crippen LogP contribution < -0.4 is 5.32 Å². The summed E-state index contributed by atoms with van der Waals surface area (Å²) in [5.74, 6) is -0.219. The second-order valence-corrected chi connectivity index (χ2v) is 4.67. The predicted octanol–water partition coefficient (Wildman–Crippen LogP) is 2.83. The third-order valence-corrected chi connectivity index (χ3v) is 3.42. The van der Waals surface area contributed by atoms with E-state index >= 15 is 0 Å². The van der Waals surface area contributed by atoms with E-state index in [0.29, 0.717) is 6.04 Å². The molecule has 1 atom stereocenters. The molecule has 0 aliphatic carbocycles. The van der Waals surface area contributed by atoms with Crippen molar-refractivity contribution in [3.63, 3.8) is 0 Å². The van der Waals surface area contributed by atoms with Gasteiger partial charge < -0.3 is 9.88 Å². The summed E-state index contributed by atoms with van der Waals surface area (Å²) in [7, 11) is 0. The first-order chi connectivity index (χ1) is 8.84. The summed E-state index contributed by atoms with van der Waals surface area (Å²) in [4.78, 5) is 4.20. The summed E-state index contributed by atoms with van der Waals surface area (Å²) < 4.78 is 15.2. The van der Waals surface area contributed by atoms with Gasteiger partial charge in [-0.05, 0) is 37.6 Å². The number of halogens is 1. The Bertz CT molecular complexity index is 529. The Labute approximate surface area is 106 Å². The molecule has 0 bridgehead atoms. The van der Waals surface area contributed by atoms with Gasteiger partial charge in [-0.25, -0.2) is 9.37 Å². The van der Waals surface area contributed by atoms with Crippen LogP contribution in [0, 0.1) is 5.82 Å². The topological polar surface area (TPSA) is 29.9 Å². The number of hydrogen-bond acceptors (Lipinski definition) is 2. The maximum absolute atomic E-state index is 13.3. The lowest BCUT2D eigenvalue weighted by Crippen LogP contribution is -2.28. The van der Waals surface area contributed by atoms with Gasteiger partial charge in [0.05, 0.1) is 18.2 Å². The Morgan fingerprint density at radius 3 is 3.06 bits per heavy atom. The van der Waals surface area contributed by atoms with Crippen LogP contribution in [0.3, 0.4) is 0 Å². The van der Waals surface area contributed by atoms with Gasteiger partial charge in [-0.2, -0.15) is 0 Å². The maximum Gasteiger partial charge on any atom is 0.125 e. The van der Waals surface area contributed by atoms with E-state index in [2.05, 4.69) is 10.3 Å². The number of rotatable bonds is 2. The zero-order valence-corrected chi connectivity index (χ0v) is 10.1. The molecular formula is C14H16FN3. The number of piperidine rings is 1. The van der Waals surface area contributed by atoms with Gasteiger partial charge in [-0.15, -0.1) is 0 Å². The molecule has 1 saturated heterocycles. The van der Waals surface area contributed by atoms with Crippen molar-refractivity contribution in [1.82, 2.24) is 14.9 Å². The molecule has 1 aromatic heterocycles. The number of nitrogens with one attached hydrogen (secondary N) is 1. The van der Waals surface area contributed by atoms with Crippen LogP contribution in [0.2, 0.25) is 0 Å². The third kappa shape index (κ3) is 2.16. The van der Waals surface area contributed by atoms with Crippen LogP contribution in [-0.2, 0) is 0 Å². The molecule has 2 heterocycles. The fraction of sp³-hybridized carbons (Fsp3) is 0.357. The van der Waals surface area contributed by atoms with Gasteiger partial charge in [0.1, 0.15) is 5.82 Å². The number of aromatic nitrogens is 2. The van der Waals surface area contributed by atoms with Crippen molar-refractivity contribution in [1.29, 1.82) is 0 Å². The smallest absolute Gasteiger partial charge is 0.125 e. The first kappa shape index (κ1) is 11.4. The molecular weight excluding hydrogens is 229 g/mol. The number of nitrogens with zero attached hydrogens (tertiary/aromatic N) is 2. The maximum atomic E-state index is 13.3. The standard InChI is InChI=1S/C14H16FN3/c15-11-4-3-5-12(8-11)18-10-16-9-14(18)13-6-1-2-7-17-13/h3-5,8-10,13,17H,1-2,6-7H2. The zero-order valence-electron chi connectivity index (χ0n) is 10.1. The van der Waals surface area contributed by atoms with Crippen molar-refractivity contribution < 1.29 is 4.39 Å². The lowest BCUT2D eigenvalue weighted by molar-refractivity contribution is 0.402. The summed E-state index contributed by atoms with van der Waals surface area (Å²) in [5, 5.41) is 3.49. The minimum absolute atomic E-state index is 0.219. The highest BCUT2D eigenvalue weighted by atomic mass is 19.1. The SMILES string of the molecule is Fc1cccc(-n2cncc2C2CCCCN2)c1. The van der Waals surface area contributed by atoms with Crippen molar-refractivity contribution in [2.75, 3.05) is 6.54 Å². The van der Waals surface area contributed by atoms with Crippen molar-refractivity contribution in [2.45, 2.75) is 25.3 Å². The molecule has 0 radical (unpaired) electrons. The predicted molar refractivity (Wildman–Crippen MR) is 68.1 cm³/mol. The van der Waals surface area contributed by atoms with E-state index in [1.54, 1.807) is 12.4 Å². The molecule has 1 fully saturated rings. The van der Waals surface area contributed by atoms with Gasteiger partial charge in [0.2, 0.25) is 0 Å². The van der Waals surface area contributed by atoms with Gasteiger partial charge in [0.15, 0.2) is 0 Å². The van der Waals surface area contributed by atoms with Crippen LogP contribution >= 0.6 is 0 Å². The minimum atomic E-state index is -0.219. The summed E-state index contributed by atoms with van der Waals surface area (Å²) in [6.45, 7) is 1.04. The summed E-state index contributed by atoms with van der Waals surface area (Å²) in [5.41, 5.74) is 1.94. The van der Waals surface area contributed by atoms with E-state index in [1.807, 2.05) is 16.8 Å². The van der Waals surface area contributed by atoms with Gasteiger partial charge in [-0.1, -0.05) is 12.5 Å². The fourth-order valence-electron chi connectivity index (χ4n) is 2.51. The second-order valence-electron chi connectivity index (χ2n) is 4.67. The molecule has 3 rings (SSSR count). The van der Waals surface area contributed by atoms with Crippen molar-refractivity contribution in [3.8, 4) is 5.69 Å². The Balaban J connectivity index is 1.95. The van der Waals surface area contributed by atoms with Crippen LogP contribution in [0.5, 0.6) is 0 Å². The van der Waals surface area contributed by atoms with Crippen LogP contribution in [0.4, 0.5) is 4.39 Å². The lowest BCUT2D eigenvalue weighted by atomic mass is 10.0. The summed E-state index contributed by atoms with van der Waals surface area (Å²) >= 11 is 0. The zero-order chi connectivity index (χ0) is 12.4. The van der Waals surface area contributed by atoms with Crippen LogP contribution in [0.15, 0.2) is 36.8 Å².